The van der Waals surface area contributed by atoms with E-state index in [1.165, 1.54) is 0 Å². The van der Waals surface area contributed by atoms with E-state index in [-0.39, 0.29) is 5.91 Å². The largest absolute Gasteiger partial charge is 0.336 e. The average Bonchev–Trinajstić information content (AvgIpc) is 2.72. The summed E-state index contributed by atoms with van der Waals surface area (Å²) in [6, 6.07) is 0.290. The highest BCUT2D eigenvalue weighted by Gasteiger charge is 2.21. The van der Waals surface area contributed by atoms with Crippen LogP contribution in [0, 0.1) is 6.92 Å². The number of carbonyl (C=O) groups excluding carboxylic acids is 1. The third kappa shape index (κ3) is 2.49. The third-order valence-electron chi connectivity index (χ3n) is 3.08. The molecule has 1 fully saturated rings. The van der Waals surface area contributed by atoms with Crippen molar-refractivity contribution in [1.82, 2.24) is 20.0 Å². The summed E-state index contributed by atoms with van der Waals surface area (Å²) in [7, 11) is 0. The topological polar surface area (TPSA) is 50.2 Å². The molecule has 0 unspecified atom stereocenters. The number of rotatable bonds is 2. The van der Waals surface area contributed by atoms with Crippen LogP contribution in [0.2, 0.25) is 0 Å². The van der Waals surface area contributed by atoms with Crippen molar-refractivity contribution in [3.05, 3.63) is 17.5 Å². The van der Waals surface area contributed by atoms with Gasteiger partial charge in [0.25, 0.3) is 5.91 Å². The second-order valence-electron chi connectivity index (χ2n) is 4.74. The van der Waals surface area contributed by atoms with E-state index in [4.69, 9.17) is 0 Å². The number of amides is 1. The Morgan fingerprint density at radius 1 is 1.41 bits per heavy atom. The van der Waals surface area contributed by atoms with Crippen molar-refractivity contribution in [2.75, 3.05) is 26.2 Å². The Morgan fingerprint density at radius 2 is 2.06 bits per heavy atom. The van der Waals surface area contributed by atoms with Gasteiger partial charge in [-0.05, 0) is 20.8 Å². The molecule has 5 heteroatoms. The molecule has 1 aromatic heterocycles. The summed E-state index contributed by atoms with van der Waals surface area (Å²) < 4.78 is 1.85. The first-order valence-electron chi connectivity index (χ1n) is 6.15. The normalized spacial score (nSPS) is 16.6. The summed E-state index contributed by atoms with van der Waals surface area (Å²) in [5.41, 5.74) is 1.56. The number of nitrogens with zero attached hydrogens (tertiary/aromatic N) is 3. The highest BCUT2D eigenvalue weighted by molar-refractivity contribution is 5.95. The SMILES string of the molecule is Cc1nn(C(C)C)cc1C(=O)N1CCNCC1. The van der Waals surface area contributed by atoms with E-state index in [2.05, 4.69) is 24.3 Å². The Morgan fingerprint density at radius 3 is 2.59 bits per heavy atom. The molecule has 0 radical (unpaired) electrons. The lowest BCUT2D eigenvalue weighted by Gasteiger charge is -2.27. The smallest absolute Gasteiger partial charge is 0.257 e. The first kappa shape index (κ1) is 12.1. The van der Waals surface area contributed by atoms with Crippen molar-refractivity contribution in [2.24, 2.45) is 0 Å². The Bertz CT molecular complexity index is 405. The van der Waals surface area contributed by atoms with Crippen molar-refractivity contribution in [3.63, 3.8) is 0 Å². The molecule has 1 N–H and O–H groups in total. The summed E-state index contributed by atoms with van der Waals surface area (Å²) in [4.78, 5) is 14.2. The van der Waals surface area contributed by atoms with Crippen LogP contribution in [-0.2, 0) is 0 Å². The fraction of sp³-hybridized carbons (Fsp3) is 0.667. The van der Waals surface area contributed by atoms with E-state index in [9.17, 15) is 4.79 Å². The van der Waals surface area contributed by atoms with Crippen LogP contribution in [0.25, 0.3) is 0 Å². The van der Waals surface area contributed by atoms with Gasteiger partial charge in [-0.25, -0.2) is 0 Å². The van der Waals surface area contributed by atoms with E-state index < -0.39 is 0 Å². The lowest BCUT2D eigenvalue weighted by atomic mass is 10.2. The predicted octanol–water partition coefficient (Wildman–Crippen LogP) is 0.818. The molecule has 0 bridgehead atoms. The van der Waals surface area contributed by atoms with Gasteiger partial charge in [-0.3, -0.25) is 9.48 Å². The second-order valence-corrected chi connectivity index (χ2v) is 4.74. The van der Waals surface area contributed by atoms with Gasteiger partial charge < -0.3 is 10.2 Å². The van der Waals surface area contributed by atoms with Crippen LogP contribution in [-0.4, -0.2) is 46.8 Å². The van der Waals surface area contributed by atoms with Crippen LogP contribution in [0.4, 0.5) is 0 Å². The Balaban J connectivity index is 2.18. The average molecular weight is 236 g/mol. The summed E-state index contributed by atoms with van der Waals surface area (Å²) in [6.45, 7) is 9.34. The van der Waals surface area contributed by atoms with Crippen molar-refractivity contribution in [1.29, 1.82) is 0 Å². The van der Waals surface area contributed by atoms with Crippen molar-refractivity contribution in [3.8, 4) is 0 Å². The van der Waals surface area contributed by atoms with Gasteiger partial charge in [0, 0.05) is 38.4 Å². The highest BCUT2D eigenvalue weighted by Crippen LogP contribution is 2.13. The van der Waals surface area contributed by atoms with Crippen LogP contribution in [0.5, 0.6) is 0 Å². The van der Waals surface area contributed by atoms with Crippen LogP contribution < -0.4 is 5.32 Å². The molecule has 2 rings (SSSR count). The van der Waals surface area contributed by atoms with Gasteiger partial charge in [0.15, 0.2) is 0 Å². The number of aryl methyl sites for hydroxylation is 1. The maximum atomic E-state index is 12.3. The number of aromatic nitrogens is 2. The molecule has 0 atom stereocenters. The fourth-order valence-corrected chi connectivity index (χ4v) is 1.99. The zero-order chi connectivity index (χ0) is 12.4. The molecule has 94 valence electrons. The monoisotopic (exact) mass is 236 g/mol. The van der Waals surface area contributed by atoms with Gasteiger partial charge in [0.05, 0.1) is 11.3 Å². The van der Waals surface area contributed by atoms with Gasteiger partial charge >= 0.3 is 0 Å². The Kier molecular flexibility index (Phi) is 3.47. The molecule has 1 saturated heterocycles. The number of piperazine rings is 1. The minimum absolute atomic E-state index is 0.107. The lowest BCUT2D eigenvalue weighted by Crippen LogP contribution is -2.46. The van der Waals surface area contributed by atoms with Crippen LogP contribution in [0.1, 0.15) is 35.9 Å². The maximum absolute atomic E-state index is 12.3. The number of nitrogens with one attached hydrogen (secondary N) is 1. The molecule has 0 spiro atoms. The molecular weight excluding hydrogens is 216 g/mol. The van der Waals surface area contributed by atoms with Gasteiger partial charge in [-0.15, -0.1) is 0 Å². The van der Waals surface area contributed by atoms with E-state index in [0.29, 0.717) is 6.04 Å². The van der Waals surface area contributed by atoms with E-state index in [1.807, 2.05) is 22.7 Å². The van der Waals surface area contributed by atoms with Gasteiger partial charge in [-0.1, -0.05) is 0 Å². The maximum Gasteiger partial charge on any atom is 0.257 e. The minimum Gasteiger partial charge on any atom is -0.336 e. The molecule has 17 heavy (non-hydrogen) atoms. The molecule has 0 saturated carbocycles. The van der Waals surface area contributed by atoms with E-state index in [1.54, 1.807) is 0 Å². The summed E-state index contributed by atoms with van der Waals surface area (Å²) in [6.07, 6.45) is 1.87. The van der Waals surface area contributed by atoms with Crippen molar-refractivity contribution < 1.29 is 4.79 Å². The third-order valence-corrected chi connectivity index (χ3v) is 3.08. The molecular formula is C12H20N4O. The van der Waals surface area contributed by atoms with Crippen molar-refractivity contribution in [2.45, 2.75) is 26.8 Å². The lowest BCUT2D eigenvalue weighted by molar-refractivity contribution is 0.0735. The zero-order valence-electron chi connectivity index (χ0n) is 10.7. The number of carbonyl (C=O) groups is 1. The van der Waals surface area contributed by atoms with E-state index in [0.717, 1.165) is 37.4 Å². The summed E-state index contributed by atoms with van der Waals surface area (Å²) in [5, 5.41) is 7.62. The van der Waals surface area contributed by atoms with Crippen molar-refractivity contribution >= 4 is 5.91 Å². The molecule has 0 aliphatic carbocycles. The first-order valence-corrected chi connectivity index (χ1v) is 6.15. The van der Waals surface area contributed by atoms with Crippen LogP contribution in [0.15, 0.2) is 6.20 Å². The zero-order valence-corrected chi connectivity index (χ0v) is 10.7. The van der Waals surface area contributed by atoms with Crippen LogP contribution >= 0.6 is 0 Å². The standard InChI is InChI=1S/C12H20N4O/c1-9(2)16-8-11(10(3)14-16)12(17)15-6-4-13-5-7-15/h8-9,13H,4-7H2,1-3H3. The second kappa shape index (κ2) is 4.87. The quantitative estimate of drug-likeness (QED) is 0.827. The molecule has 5 nitrogen and oxygen atoms in total. The number of hydrogen-bond donors (Lipinski definition) is 1. The molecule has 1 aliphatic heterocycles. The summed E-state index contributed by atoms with van der Waals surface area (Å²) >= 11 is 0. The summed E-state index contributed by atoms with van der Waals surface area (Å²) in [5.74, 6) is 0.107. The molecule has 0 aromatic carbocycles. The predicted molar refractivity (Wildman–Crippen MR) is 66.1 cm³/mol. The van der Waals surface area contributed by atoms with Gasteiger partial charge in [0.2, 0.25) is 0 Å². The van der Waals surface area contributed by atoms with Crippen LogP contribution in [0.3, 0.4) is 0 Å². The van der Waals surface area contributed by atoms with Gasteiger partial charge in [0.1, 0.15) is 0 Å². The Labute approximate surface area is 102 Å². The fourth-order valence-electron chi connectivity index (χ4n) is 1.99. The molecule has 1 aliphatic rings. The minimum atomic E-state index is 0.107. The Hall–Kier alpha value is -1.36. The van der Waals surface area contributed by atoms with E-state index >= 15 is 0 Å². The highest BCUT2D eigenvalue weighted by atomic mass is 16.2. The molecule has 2 heterocycles. The first-order chi connectivity index (χ1) is 8.09. The molecule has 1 amide bonds. The van der Waals surface area contributed by atoms with Gasteiger partial charge in [-0.2, -0.15) is 5.10 Å². The molecule has 1 aromatic rings. The number of hydrogen-bond acceptors (Lipinski definition) is 3.